The highest BCUT2D eigenvalue weighted by molar-refractivity contribution is 5.61. The van der Waals surface area contributed by atoms with Gasteiger partial charge in [0.25, 0.3) is 0 Å². The highest BCUT2D eigenvalue weighted by atomic mass is 16.6. The average molecular weight is 239 g/mol. The van der Waals surface area contributed by atoms with Crippen molar-refractivity contribution in [2.45, 2.75) is 19.4 Å². The van der Waals surface area contributed by atoms with Crippen LogP contribution in [-0.2, 0) is 7.05 Å². The Morgan fingerprint density at radius 1 is 1.65 bits per heavy atom. The van der Waals surface area contributed by atoms with Crippen LogP contribution in [0.15, 0.2) is 0 Å². The summed E-state index contributed by atoms with van der Waals surface area (Å²) in [4.78, 5) is 12.7. The van der Waals surface area contributed by atoms with Crippen molar-refractivity contribution >= 4 is 11.5 Å². The number of nitrogens with one attached hydrogen (secondary N) is 1. The molecule has 1 aromatic heterocycles. The Morgan fingerprint density at radius 3 is 2.88 bits per heavy atom. The van der Waals surface area contributed by atoms with E-state index in [2.05, 4.69) is 10.4 Å². The van der Waals surface area contributed by atoms with E-state index in [1.54, 1.807) is 18.7 Å². The standard InChI is InChI=1S/C10H17N5O2/c1-7-9(15(16)17)10(14(3)12-7)13(2)8-4-5-11-6-8/h8,11H,4-6H2,1-3H3. The molecule has 2 rings (SSSR count). The van der Waals surface area contributed by atoms with Crippen LogP contribution >= 0.6 is 0 Å². The molecule has 94 valence electrons. The summed E-state index contributed by atoms with van der Waals surface area (Å²) in [6, 6.07) is 0.295. The molecule has 0 spiro atoms. The first-order valence-electron chi connectivity index (χ1n) is 5.64. The lowest BCUT2D eigenvalue weighted by atomic mass is 10.2. The second-order valence-corrected chi connectivity index (χ2v) is 4.40. The summed E-state index contributed by atoms with van der Waals surface area (Å²) in [5, 5.41) is 18.5. The molecule has 7 heteroatoms. The Hall–Kier alpha value is -1.63. The molecule has 17 heavy (non-hydrogen) atoms. The van der Waals surface area contributed by atoms with E-state index < -0.39 is 0 Å². The second-order valence-electron chi connectivity index (χ2n) is 4.40. The zero-order valence-corrected chi connectivity index (χ0v) is 10.3. The van der Waals surface area contributed by atoms with E-state index in [0.29, 0.717) is 17.6 Å². The van der Waals surface area contributed by atoms with Gasteiger partial charge < -0.3 is 10.2 Å². The van der Waals surface area contributed by atoms with Crippen LogP contribution < -0.4 is 10.2 Å². The van der Waals surface area contributed by atoms with Crippen LogP contribution in [0.25, 0.3) is 0 Å². The zero-order valence-electron chi connectivity index (χ0n) is 10.3. The minimum atomic E-state index is -0.351. The highest BCUT2D eigenvalue weighted by Crippen LogP contribution is 2.31. The Bertz CT molecular complexity index is 436. The summed E-state index contributed by atoms with van der Waals surface area (Å²) in [7, 11) is 3.63. The normalized spacial score (nSPS) is 19.6. The number of hydrogen-bond donors (Lipinski definition) is 1. The summed E-state index contributed by atoms with van der Waals surface area (Å²) in [6.07, 6.45) is 0.998. The number of aromatic nitrogens is 2. The number of likely N-dealkylation sites (N-methyl/N-ethyl adjacent to an activating group) is 1. The van der Waals surface area contributed by atoms with Gasteiger partial charge in [0.1, 0.15) is 5.69 Å². The van der Waals surface area contributed by atoms with Gasteiger partial charge in [0, 0.05) is 26.7 Å². The lowest BCUT2D eigenvalue weighted by Crippen LogP contribution is -2.35. The molecule has 0 aromatic carbocycles. The van der Waals surface area contributed by atoms with E-state index in [4.69, 9.17) is 0 Å². The number of hydrogen-bond acceptors (Lipinski definition) is 5. The van der Waals surface area contributed by atoms with E-state index in [1.165, 1.54) is 0 Å². The van der Waals surface area contributed by atoms with Crippen LogP contribution in [-0.4, -0.2) is 40.9 Å². The van der Waals surface area contributed by atoms with Gasteiger partial charge in [0.15, 0.2) is 0 Å². The fourth-order valence-corrected chi connectivity index (χ4v) is 2.39. The van der Waals surface area contributed by atoms with Crippen molar-refractivity contribution in [3.63, 3.8) is 0 Å². The van der Waals surface area contributed by atoms with Crippen molar-refractivity contribution in [2.24, 2.45) is 7.05 Å². The molecule has 2 heterocycles. The second kappa shape index (κ2) is 4.33. The number of anilines is 1. The molecule has 0 radical (unpaired) electrons. The van der Waals surface area contributed by atoms with Crippen LogP contribution in [0.1, 0.15) is 12.1 Å². The SMILES string of the molecule is Cc1nn(C)c(N(C)C2CCNC2)c1[N+](=O)[O-]. The number of aryl methyl sites for hydroxylation is 2. The molecule has 0 saturated carbocycles. The van der Waals surface area contributed by atoms with Crippen molar-refractivity contribution in [3.05, 3.63) is 15.8 Å². The van der Waals surface area contributed by atoms with E-state index in [0.717, 1.165) is 19.5 Å². The smallest absolute Gasteiger partial charge is 0.333 e. The van der Waals surface area contributed by atoms with Crippen molar-refractivity contribution < 1.29 is 4.92 Å². The van der Waals surface area contributed by atoms with Gasteiger partial charge in [-0.1, -0.05) is 0 Å². The monoisotopic (exact) mass is 239 g/mol. The zero-order chi connectivity index (χ0) is 12.6. The van der Waals surface area contributed by atoms with Gasteiger partial charge in [-0.15, -0.1) is 0 Å². The van der Waals surface area contributed by atoms with Gasteiger partial charge in [-0.05, 0) is 19.9 Å². The van der Waals surface area contributed by atoms with E-state index in [-0.39, 0.29) is 10.6 Å². The number of nitrogens with zero attached hydrogens (tertiary/aromatic N) is 4. The molecular weight excluding hydrogens is 222 g/mol. The Kier molecular flexibility index (Phi) is 3.01. The van der Waals surface area contributed by atoms with Gasteiger partial charge in [-0.3, -0.25) is 10.1 Å². The fourth-order valence-electron chi connectivity index (χ4n) is 2.39. The average Bonchev–Trinajstić information content (AvgIpc) is 2.84. The molecule has 1 atom stereocenters. The molecule has 1 aliphatic heterocycles. The topological polar surface area (TPSA) is 76.2 Å². The summed E-state index contributed by atoms with van der Waals surface area (Å²) >= 11 is 0. The first kappa shape index (κ1) is 11.8. The van der Waals surface area contributed by atoms with Gasteiger partial charge in [-0.2, -0.15) is 5.10 Å². The molecule has 1 fully saturated rings. The van der Waals surface area contributed by atoms with Gasteiger partial charge in [0.2, 0.25) is 5.82 Å². The van der Waals surface area contributed by atoms with Crippen LogP contribution in [0.2, 0.25) is 0 Å². The number of nitro groups is 1. The fraction of sp³-hybridized carbons (Fsp3) is 0.700. The lowest BCUT2D eigenvalue weighted by molar-refractivity contribution is -0.384. The maximum atomic E-state index is 11.1. The van der Waals surface area contributed by atoms with Crippen molar-refractivity contribution in [1.82, 2.24) is 15.1 Å². The number of rotatable bonds is 3. The lowest BCUT2D eigenvalue weighted by Gasteiger charge is -2.24. The summed E-state index contributed by atoms with van der Waals surface area (Å²) in [5.74, 6) is 0.584. The van der Waals surface area contributed by atoms with Gasteiger partial charge in [-0.25, -0.2) is 4.68 Å². The highest BCUT2D eigenvalue weighted by Gasteiger charge is 2.31. The Labute approximate surface area is 99.6 Å². The molecule has 1 saturated heterocycles. The van der Waals surface area contributed by atoms with Crippen molar-refractivity contribution in [2.75, 3.05) is 25.0 Å². The van der Waals surface area contributed by atoms with Gasteiger partial charge in [0.05, 0.1) is 4.92 Å². The molecule has 0 amide bonds. The van der Waals surface area contributed by atoms with E-state index in [1.807, 2.05) is 11.9 Å². The Morgan fingerprint density at radius 2 is 2.35 bits per heavy atom. The molecule has 1 N–H and O–H groups in total. The van der Waals surface area contributed by atoms with Gasteiger partial charge >= 0.3 is 5.69 Å². The van der Waals surface area contributed by atoms with Crippen LogP contribution in [0.3, 0.4) is 0 Å². The quantitative estimate of drug-likeness (QED) is 0.611. The van der Waals surface area contributed by atoms with Crippen molar-refractivity contribution in [1.29, 1.82) is 0 Å². The largest absolute Gasteiger partial charge is 0.350 e. The molecule has 0 bridgehead atoms. The van der Waals surface area contributed by atoms with Crippen molar-refractivity contribution in [3.8, 4) is 0 Å². The molecule has 1 aliphatic rings. The maximum Gasteiger partial charge on any atom is 0.333 e. The maximum absolute atomic E-state index is 11.1. The summed E-state index contributed by atoms with van der Waals surface area (Å²) in [6.45, 7) is 3.49. The molecule has 0 aliphatic carbocycles. The first-order chi connectivity index (χ1) is 8.02. The summed E-state index contributed by atoms with van der Waals surface area (Å²) in [5.41, 5.74) is 0.576. The van der Waals surface area contributed by atoms with E-state index in [9.17, 15) is 10.1 Å². The third kappa shape index (κ3) is 1.97. The van der Waals surface area contributed by atoms with E-state index >= 15 is 0 Å². The van der Waals surface area contributed by atoms with Crippen LogP contribution in [0.4, 0.5) is 11.5 Å². The predicted molar refractivity (Wildman–Crippen MR) is 64.3 cm³/mol. The third-order valence-electron chi connectivity index (χ3n) is 3.26. The van der Waals surface area contributed by atoms with Crippen LogP contribution in [0.5, 0.6) is 0 Å². The first-order valence-corrected chi connectivity index (χ1v) is 5.64. The molecule has 1 aromatic rings. The summed E-state index contributed by atoms with van der Waals surface area (Å²) < 4.78 is 1.59. The predicted octanol–water partition coefficient (Wildman–Crippen LogP) is 0.435. The molecular formula is C10H17N5O2. The van der Waals surface area contributed by atoms with Crippen LogP contribution in [0, 0.1) is 17.0 Å². The minimum absolute atomic E-state index is 0.113. The third-order valence-corrected chi connectivity index (χ3v) is 3.26. The minimum Gasteiger partial charge on any atom is -0.350 e. The molecule has 1 unspecified atom stereocenters. The Balaban J connectivity index is 2.39. The molecule has 7 nitrogen and oxygen atoms in total.